The zero-order valence-corrected chi connectivity index (χ0v) is 14.5. The van der Waals surface area contributed by atoms with Crippen LogP contribution < -0.4 is 0 Å². The minimum Gasteiger partial charge on any atom is -0.412 e. The molecule has 15 heteroatoms. The number of halogens is 1. The third-order valence-electron chi connectivity index (χ3n) is 4.00. The molecule has 0 saturated heterocycles. The second kappa shape index (κ2) is 13.9. The molecular formula is C10H33ClN3O11+3. The quantitative estimate of drug-likeness (QED) is 0.110. The highest BCUT2D eigenvalue weighted by atomic mass is 35.5. The van der Waals surface area contributed by atoms with Crippen LogP contribution >= 0.6 is 12.4 Å². The van der Waals surface area contributed by atoms with Crippen molar-refractivity contribution in [2.45, 2.75) is 6.29 Å². The number of rotatable bonds is 12. The highest BCUT2D eigenvalue weighted by Gasteiger charge is 2.63. The lowest BCUT2D eigenvalue weighted by molar-refractivity contribution is -1.31. The van der Waals surface area contributed by atoms with Crippen LogP contribution in [0.15, 0.2) is 0 Å². The van der Waals surface area contributed by atoms with E-state index in [4.69, 9.17) is 0 Å². The Morgan fingerprint density at radius 1 is 0.400 bits per heavy atom. The highest BCUT2D eigenvalue weighted by molar-refractivity contribution is 5.85. The Morgan fingerprint density at radius 2 is 0.520 bits per heavy atom. The van der Waals surface area contributed by atoms with Gasteiger partial charge < -0.3 is 56.9 Å². The predicted molar refractivity (Wildman–Crippen MR) is 82.8 cm³/mol. The largest absolute Gasteiger partial charge is 0.412 e. The lowest BCUT2D eigenvalue weighted by Crippen LogP contribution is -2.83. The first-order valence-corrected chi connectivity index (χ1v) is 6.47. The standard InChI is InChI=1S/C10H28N3O9.ClH.2H2O/c14-1-11(2-15,3-16)10(12(4-17,5-18)6-19)13(7-20,8-21)9-22;;;/h10,14-22H,1-9H2;1H;2*1H2/q+3;;;. The third-order valence-corrected chi connectivity index (χ3v) is 4.00. The summed E-state index contributed by atoms with van der Waals surface area (Å²) in [5.41, 5.74) is 0. The molecule has 0 atom stereocenters. The summed E-state index contributed by atoms with van der Waals surface area (Å²) in [7, 11) is 0. The molecule has 0 saturated carbocycles. The average Bonchev–Trinajstić information content (AvgIpc) is 2.60. The number of aliphatic hydroxyl groups excluding tert-OH is 9. The topological polar surface area (TPSA) is 245 Å². The van der Waals surface area contributed by atoms with E-state index in [1.54, 1.807) is 0 Å². The van der Waals surface area contributed by atoms with Gasteiger partial charge in [0.15, 0.2) is 60.6 Å². The first-order valence-electron chi connectivity index (χ1n) is 6.47. The van der Waals surface area contributed by atoms with Crippen LogP contribution in [0.5, 0.6) is 0 Å². The molecule has 0 aliphatic rings. The van der Waals surface area contributed by atoms with Crippen molar-refractivity contribution < 1.29 is 70.4 Å². The molecule has 0 heterocycles. The second-order valence-electron chi connectivity index (χ2n) is 5.27. The molecule has 0 spiro atoms. The summed E-state index contributed by atoms with van der Waals surface area (Å²) in [5.74, 6) is 0. The van der Waals surface area contributed by atoms with E-state index < -0.39 is 80.3 Å². The Kier molecular flexibility index (Phi) is 18.0. The monoisotopic (exact) mass is 406 g/mol. The van der Waals surface area contributed by atoms with E-state index in [2.05, 4.69) is 0 Å². The summed E-state index contributed by atoms with van der Waals surface area (Å²) in [5, 5.41) is 86.3. The van der Waals surface area contributed by atoms with E-state index in [9.17, 15) is 46.0 Å². The Labute approximate surface area is 150 Å². The van der Waals surface area contributed by atoms with Gasteiger partial charge in [0.05, 0.1) is 0 Å². The maximum absolute atomic E-state index is 9.59. The summed E-state index contributed by atoms with van der Waals surface area (Å²) < 4.78 is -3.12. The normalized spacial score (nSPS) is 12.2. The van der Waals surface area contributed by atoms with E-state index in [0.29, 0.717) is 0 Å². The van der Waals surface area contributed by atoms with Gasteiger partial charge in [0.2, 0.25) is 0 Å². The first-order chi connectivity index (χ1) is 10.4. The molecular weight excluding hydrogens is 374 g/mol. The van der Waals surface area contributed by atoms with Crippen LogP contribution in [0.3, 0.4) is 0 Å². The smallest absolute Gasteiger partial charge is 0.360 e. The van der Waals surface area contributed by atoms with Crippen LogP contribution in [-0.2, 0) is 0 Å². The number of hydrogen-bond acceptors (Lipinski definition) is 9. The van der Waals surface area contributed by atoms with Gasteiger partial charge in [0.25, 0.3) is 0 Å². The molecule has 0 unspecified atom stereocenters. The Hall–Kier alpha value is -0.270. The Bertz CT molecular complexity index is 244. The van der Waals surface area contributed by atoms with Gasteiger partial charge in [0.1, 0.15) is 0 Å². The van der Waals surface area contributed by atoms with E-state index in [1.807, 2.05) is 0 Å². The molecule has 158 valence electrons. The number of nitrogens with zero attached hydrogens (tertiary/aromatic N) is 3. The van der Waals surface area contributed by atoms with Gasteiger partial charge in [-0.25, -0.2) is 0 Å². The van der Waals surface area contributed by atoms with Gasteiger partial charge in [-0.1, -0.05) is 0 Å². The maximum Gasteiger partial charge on any atom is 0.360 e. The van der Waals surface area contributed by atoms with Crippen molar-refractivity contribution in [2.75, 3.05) is 60.6 Å². The second-order valence-corrected chi connectivity index (χ2v) is 5.27. The SMILES string of the molecule is Cl.O.O.OC[N+](CO)(CO)C([N+](CO)(CO)CO)[N+](CO)(CO)CO. The molecule has 0 aromatic heterocycles. The number of aliphatic hydroxyl groups is 9. The summed E-state index contributed by atoms with van der Waals surface area (Å²) in [6.07, 6.45) is -1.58. The van der Waals surface area contributed by atoms with Crippen molar-refractivity contribution in [1.82, 2.24) is 0 Å². The molecule has 0 aromatic carbocycles. The Balaban J connectivity index is -0.000000735. The van der Waals surface area contributed by atoms with Crippen molar-refractivity contribution in [3.05, 3.63) is 0 Å². The zero-order valence-electron chi connectivity index (χ0n) is 13.7. The molecule has 0 fully saturated rings. The van der Waals surface area contributed by atoms with E-state index in [0.717, 1.165) is 0 Å². The summed E-state index contributed by atoms with van der Waals surface area (Å²) in [6, 6.07) is 0. The molecule has 14 nitrogen and oxygen atoms in total. The van der Waals surface area contributed by atoms with E-state index in [1.165, 1.54) is 0 Å². The van der Waals surface area contributed by atoms with Crippen molar-refractivity contribution in [3.8, 4) is 0 Å². The molecule has 0 aromatic rings. The van der Waals surface area contributed by atoms with E-state index >= 15 is 0 Å². The molecule has 25 heavy (non-hydrogen) atoms. The molecule has 0 aliphatic heterocycles. The summed E-state index contributed by atoms with van der Waals surface area (Å²) in [4.78, 5) is 0. The van der Waals surface area contributed by atoms with Crippen LogP contribution in [0.25, 0.3) is 0 Å². The minimum absolute atomic E-state index is 0. The predicted octanol–water partition coefficient (Wildman–Crippen LogP) is -6.96. The van der Waals surface area contributed by atoms with Crippen molar-refractivity contribution in [2.24, 2.45) is 0 Å². The van der Waals surface area contributed by atoms with Crippen LogP contribution in [0.1, 0.15) is 0 Å². The van der Waals surface area contributed by atoms with Crippen LogP contribution in [0, 0.1) is 0 Å². The van der Waals surface area contributed by atoms with Gasteiger partial charge in [-0.2, -0.15) is 13.4 Å². The third kappa shape index (κ3) is 5.60. The molecule has 13 N–H and O–H groups in total. The fourth-order valence-corrected chi connectivity index (χ4v) is 2.62. The lowest BCUT2D eigenvalue weighted by Gasteiger charge is -2.52. The van der Waals surface area contributed by atoms with Crippen molar-refractivity contribution in [3.63, 3.8) is 0 Å². The lowest BCUT2D eigenvalue weighted by atomic mass is 10.3. The first kappa shape index (κ1) is 32.4. The minimum atomic E-state index is -1.58. The Morgan fingerprint density at radius 3 is 0.600 bits per heavy atom. The van der Waals surface area contributed by atoms with E-state index in [-0.39, 0.29) is 23.4 Å². The van der Waals surface area contributed by atoms with Crippen LogP contribution in [0.4, 0.5) is 0 Å². The zero-order chi connectivity index (χ0) is 17.4. The number of hydrogen-bond donors (Lipinski definition) is 9. The summed E-state index contributed by atoms with van der Waals surface area (Å²) >= 11 is 0. The highest BCUT2D eigenvalue weighted by Crippen LogP contribution is 2.30. The molecule has 0 rings (SSSR count). The molecule has 0 aliphatic carbocycles. The van der Waals surface area contributed by atoms with Gasteiger partial charge in [-0.3, -0.25) is 0 Å². The number of quaternary nitrogens is 3. The fraction of sp³-hybridized carbons (Fsp3) is 1.00. The molecule has 0 bridgehead atoms. The van der Waals surface area contributed by atoms with Gasteiger partial charge in [-0.05, 0) is 0 Å². The van der Waals surface area contributed by atoms with Gasteiger partial charge in [0, 0.05) is 0 Å². The average molecular weight is 407 g/mol. The maximum atomic E-state index is 9.59. The van der Waals surface area contributed by atoms with Crippen molar-refractivity contribution >= 4 is 12.4 Å². The van der Waals surface area contributed by atoms with Crippen LogP contribution in [-0.4, -0.2) is 137 Å². The summed E-state index contributed by atoms with van der Waals surface area (Å²) in [6.45, 7) is -8.27. The van der Waals surface area contributed by atoms with Gasteiger partial charge in [-0.15, -0.1) is 12.4 Å². The molecule has 0 amide bonds. The van der Waals surface area contributed by atoms with Crippen molar-refractivity contribution in [1.29, 1.82) is 0 Å². The van der Waals surface area contributed by atoms with Crippen LogP contribution in [0.2, 0.25) is 0 Å². The molecule has 0 radical (unpaired) electrons. The fourth-order valence-electron chi connectivity index (χ4n) is 2.62. The van der Waals surface area contributed by atoms with Gasteiger partial charge >= 0.3 is 6.29 Å².